The van der Waals surface area contributed by atoms with E-state index in [1.165, 1.54) is 0 Å². The van der Waals surface area contributed by atoms with Crippen LogP contribution in [0.3, 0.4) is 0 Å². The van der Waals surface area contributed by atoms with E-state index in [0.29, 0.717) is 57.0 Å². The van der Waals surface area contributed by atoms with Crippen molar-refractivity contribution < 1.29 is 27.8 Å². The SMILES string of the molecule is COc1ccc(Oc2ccc3nc(-c4ccc(C=C(C#N)c5ccc(-c6nc7ccc(Oc8ccc(OC)cc8)cc7o6)cc5)cc4)oc3c2)cc1. The van der Waals surface area contributed by atoms with Crippen molar-refractivity contribution in [2.75, 3.05) is 14.2 Å². The Morgan fingerprint density at radius 1 is 0.538 bits per heavy atom. The number of nitrogens with zero attached hydrogens (tertiary/aromatic N) is 3. The number of allylic oxidation sites excluding steroid dienone is 1. The number of hydrogen-bond donors (Lipinski definition) is 0. The first-order valence-corrected chi connectivity index (χ1v) is 16.3. The minimum atomic E-state index is 0.474. The van der Waals surface area contributed by atoms with Crippen LogP contribution in [0.2, 0.25) is 0 Å². The van der Waals surface area contributed by atoms with Crippen molar-refractivity contribution in [1.29, 1.82) is 5.26 Å². The van der Waals surface area contributed by atoms with Crippen LogP contribution in [0.1, 0.15) is 11.1 Å². The lowest BCUT2D eigenvalue weighted by atomic mass is 10.0. The lowest BCUT2D eigenvalue weighted by Crippen LogP contribution is -1.85. The van der Waals surface area contributed by atoms with Gasteiger partial charge in [0.05, 0.1) is 25.9 Å². The van der Waals surface area contributed by atoms with Gasteiger partial charge in [0.25, 0.3) is 0 Å². The van der Waals surface area contributed by atoms with E-state index in [2.05, 4.69) is 16.0 Å². The summed E-state index contributed by atoms with van der Waals surface area (Å²) in [5.74, 6) is 5.11. The van der Waals surface area contributed by atoms with Gasteiger partial charge in [-0.25, -0.2) is 9.97 Å². The molecule has 0 bridgehead atoms. The molecule has 8 rings (SSSR count). The van der Waals surface area contributed by atoms with Gasteiger partial charge in [-0.15, -0.1) is 0 Å². The Bertz CT molecular complexity index is 2580. The summed E-state index contributed by atoms with van der Waals surface area (Å²) in [6, 6.07) is 43.4. The molecule has 2 heterocycles. The predicted molar refractivity (Wildman–Crippen MR) is 199 cm³/mol. The second kappa shape index (κ2) is 13.9. The molecule has 2 aromatic heterocycles. The molecule has 6 aromatic carbocycles. The maximum absolute atomic E-state index is 10.0. The highest BCUT2D eigenvalue weighted by Gasteiger charge is 2.13. The van der Waals surface area contributed by atoms with Crippen molar-refractivity contribution in [2.24, 2.45) is 0 Å². The largest absolute Gasteiger partial charge is 0.497 e. The fourth-order valence-electron chi connectivity index (χ4n) is 5.60. The zero-order chi connectivity index (χ0) is 35.4. The van der Waals surface area contributed by atoms with Gasteiger partial charge in [0.15, 0.2) is 11.2 Å². The number of benzene rings is 6. The summed E-state index contributed by atoms with van der Waals surface area (Å²) in [4.78, 5) is 9.30. The van der Waals surface area contributed by atoms with Crippen LogP contribution in [0.4, 0.5) is 0 Å². The second-order valence-corrected chi connectivity index (χ2v) is 11.7. The standard InChI is InChI=1S/C43H29N3O6/c1-47-32-11-15-34(16-12-32)49-36-19-21-38-40(24-36)51-42(45-38)29-5-3-27(4-6-29)23-31(26-44)28-7-9-30(10-8-28)43-46-39-22-20-37(25-41(39)52-43)50-35-17-13-33(48-2)14-18-35/h3-25H,1-2H3. The first-order valence-electron chi connectivity index (χ1n) is 16.3. The highest BCUT2D eigenvalue weighted by molar-refractivity contribution is 5.90. The smallest absolute Gasteiger partial charge is 0.227 e. The minimum Gasteiger partial charge on any atom is -0.497 e. The third kappa shape index (κ3) is 6.77. The van der Waals surface area contributed by atoms with Crippen LogP contribution < -0.4 is 18.9 Å². The number of fused-ring (bicyclic) bond motifs is 2. The van der Waals surface area contributed by atoms with E-state index >= 15 is 0 Å². The molecular formula is C43H29N3O6. The van der Waals surface area contributed by atoms with Gasteiger partial charge in [-0.2, -0.15) is 5.26 Å². The van der Waals surface area contributed by atoms with Gasteiger partial charge in [0.2, 0.25) is 11.8 Å². The Morgan fingerprint density at radius 3 is 1.40 bits per heavy atom. The van der Waals surface area contributed by atoms with Gasteiger partial charge in [-0.1, -0.05) is 24.3 Å². The third-order valence-electron chi connectivity index (χ3n) is 8.34. The van der Waals surface area contributed by atoms with Gasteiger partial charge >= 0.3 is 0 Å². The van der Waals surface area contributed by atoms with Crippen LogP contribution in [0.5, 0.6) is 34.5 Å². The predicted octanol–water partition coefficient (Wildman–Crippen LogP) is 11.0. The summed E-state index contributed by atoms with van der Waals surface area (Å²) in [5, 5.41) is 10.0. The van der Waals surface area contributed by atoms with E-state index < -0.39 is 0 Å². The molecule has 0 aliphatic rings. The molecule has 0 unspecified atom stereocenters. The zero-order valence-electron chi connectivity index (χ0n) is 28.1. The fraction of sp³-hybridized carbons (Fsp3) is 0.0465. The molecule has 0 aliphatic heterocycles. The Kier molecular flexibility index (Phi) is 8.53. The fourth-order valence-corrected chi connectivity index (χ4v) is 5.60. The van der Waals surface area contributed by atoms with Crippen molar-refractivity contribution in [3.8, 4) is 63.5 Å². The van der Waals surface area contributed by atoms with E-state index in [1.54, 1.807) is 14.2 Å². The second-order valence-electron chi connectivity index (χ2n) is 11.7. The zero-order valence-corrected chi connectivity index (χ0v) is 28.1. The summed E-state index contributed by atoms with van der Waals surface area (Å²) in [6.45, 7) is 0. The van der Waals surface area contributed by atoms with E-state index in [-0.39, 0.29) is 0 Å². The molecule has 0 amide bonds. The Hall–Kier alpha value is -7.31. The topological polar surface area (TPSA) is 113 Å². The van der Waals surface area contributed by atoms with Crippen molar-refractivity contribution in [2.45, 2.75) is 0 Å². The average molecular weight is 684 g/mol. The van der Waals surface area contributed by atoms with E-state index in [4.69, 9.17) is 27.8 Å². The molecule has 0 atom stereocenters. The molecule has 0 radical (unpaired) electrons. The van der Waals surface area contributed by atoms with E-state index in [0.717, 1.165) is 39.3 Å². The molecule has 8 aromatic rings. The van der Waals surface area contributed by atoms with E-state index in [1.807, 2.05) is 140 Å². The summed E-state index contributed by atoms with van der Waals surface area (Å²) in [5.41, 5.74) is 6.40. The molecule has 9 nitrogen and oxygen atoms in total. The normalized spacial score (nSPS) is 11.4. The summed E-state index contributed by atoms with van der Waals surface area (Å²) in [6.07, 6.45) is 1.84. The average Bonchev–Trinajstić information content (AvgIpc) is 3.82. The monoisotopic (exact) mass is 683 g/mol. The first kappa shape index (κ1) is 31.9. The number of nitriles is 1. The highest BCUT2D eigenvalue weighted by Crippen LogP contribution is 2.33. The van der Waals surface area contributed by atoms with Crippen LogP contribution in [0.15, 0.2) is 142 Å². The lowest BCUT2D eigenvalue weighted by molar-refractivity contribution is 0.412. The molecule has 0 N–H and O–H groups in total. The van der Waals surface area contributed by atoms with Crippen LogP contribution in [0, 0.1) is 11.3 Å². The van der Waals surface area contributed by atoms with Gasteiger partial charge < -0.3 is 27.8 Å². The molecule has 0 spiro atoms. The maximum atomic E-state index is 10.0. The molecule has 252 valence electrons. The van der Waals surface area contributed by atoms with E-state index in [9.17, 15) is 5.26 Å². The van der Waals surface area contributed by atoms with Crippen molar-refractivity contribution in [3.05, 3.63) is 145 Å². The Labute approximate surface area is 298 Å². The van der Waals surface area contributed by atoms with Gasteiger partial charge in [-0.3, -0.25) is 0 Å². The summed E-state index contributed by atoms with van der Waals surface area (Å²) < 4.78 is 34.5. The van der Waals surface area contributed by atoms with Crippen LogP contribution >= 0.6 is 0 Å². The quantitative estimate of drug-likeness (QED) is 0.103. The number of methoxy groups -OCH3 is 2. The van der Waals surface area contributed by atoms with Gasteiger partial charge in [-0.05, 0) is 114 Å². The first-order chi connectivity index (χ1) is 25.5. The molecule has 9 heteroatoms. The van der Waals surface area contributed by atoms with Crippen molar-refractivity contribution in [3.63, 3.8) is 0 Å². The molecule has 0 aliphatic carbocycles. The molecule has 0 saturated heterocycles. The third-order valence-corrected chi connectivity index (χ3v) is 8.34. The maximum Gasteiger partial charge on any atom is 0.227 e. The Morgan fingerprint density at radius 2 is 0.962 bits per heavy atom. The van der Waals surface area contributed by atoms with Crippen molar-refractivity contribution >= 4 is 33.8 Å². The van der Waals surface area contributed by atoms with Crippen molar-refractivity contribution in [1.82, 2.24) is 9.97 Å². The van der Waals surface area contributed by atoms with Crippen LogP contribution in [0.25, 0.3) is 56.8 Å². The van der Waals surface area contributed by atoms with Crippen LogP contribution in [-0.4, -0.2) is 24.2 Å². The minimum absolute atomic E-state index is 0.474. The molecular weight excluding hydrogens is 654 g/mol. The number of aromatic nitrogens is 2. The van der Waals surface area contributed by atoms with Crippen LogP contribution in [-0.2, 0) is 0 Å². The lowest BCUT2D eigenvalue weighted by Gasteiger charge is -2.06. The number of oxazole rings is 2. The summed E-state index contributed by atoms with van der Waals surface area (Å²) in [7, 11) is 3.25. The molecule has 52 heavy (non-hydrogen) atoms. The summed E-state index contributed by atoms with van der Waals surface area (Å²) >= 11 is 0. The highest BCUT2D eigenvalue weighted by atomic mass is 16.5. The van der Waals surface area contributed by atoms with Gasteiger partial charge in [0, 0.05) is 23.3 Å². The number of hydrogen-bond acceptors (Lipinski definition) is 9. The van der Waals surface area contributed by atoms with Gasteiger partial charge in [0.1, 0.15) is 45.5 Å². The molecule has 0 saturated carbocycles. The Balaban J connectivity index is 0.951. The number of ether oxygens (including phenoxy) is 4. The number of rotatable bonds is 10. The molecule has 0 fully saturated rings.